The molecule has 0 heterocycles. The van der Waals surface area contributed by atoms with E-state index in [4.69, 9.17) is 9.47 Å². The Morgan fingerprint density at radius 1 is 1.00 bits per heavy atom. The lowest BCUT2D eigenvalue weighted by molar-refractivity contribution is -0.122. The van der Waals surface area contributed by atoms with E-state index in [0.29, 0.717) is 18.1 Å². The van der Waals surface area contributed by atoms with Crippen LogP contribution in [0.4, 0.5) is 0 Å². The van der Waals surface area contributed by atoms with Gasteiger partial charge in [-0.25, -0.2) is 0 Å². The van der Waals surface area contributed by atoms with Gasteiger partial charge in [0.2, 0.25) is 11.8 Å². The third-order valence-electron chi connectivity index (χ3n) is 3.72. The van der Waals surface area contributed by atoms with Crippen LogP contribution in [-0.2, 0) is 9.59 Å². The van der Waals surface area contributed by atoms with Crippen molar-refractivity contribution in [3.05, 3.63) is 23.8 Å². The van der Waals surface area contributed by atoms with Crippen LogP contribution in [0.5, 0.6) is 11.5 Å². The van der Waals surface area contributed by atoms with Crippen molar-refractivity contribution in [2.75, 3.05) is 13.7 Å². The zero-order valence-electron chi connectivity index (χ0n) is 15.7. The minimum atomic E-state index is -0.604. The maximum absolute atomic E-state index is 11.4. The molecule has 6 heteroatoms. The average Bonchev–Trinajstić information content (AvgIpc) is 2.56. The Morgan fingerprint density at radius 3 is 2.20 bits per heavy atom. The predicted octanol–water partition coefficient (Wildman–Crippen LogP) is 3.32. The SMILES string of the molecule is CCCCCCCOc1cc(C(NC(C)=O)NC(C)=O)ccc1OC. The van der Waals surface area contributed by atoms with E-state index in [9.17, 15) is 9.59 Å². The van der Waals surface area contributed by atoms with Crippen molar-refractivity contribution in [1.82, 2.24) is 10.6 Å². The first-order valence-corrected chi connectivity index (χ1v) is 8.82. The van der Waals surface area contributed by atoms with Gasteiger partial charge in [0.15, 0.2) is 11.5 Å². The monoisotopic (exact) mass is 350 g/mol. The molecule has 25 heavy (non-hydrogen) atoms. The van der Waals surface area contributed by atoms with Crippen molar-refractivity contribution in [2.24, 2.45) is 0 Å². The summed E-state index contributed by atoms with van der Waals surface area (Å²) in [7, 11) is 1.59. The molecule has 0 aliphatic heterocycles. The average molecular weight is 350 g/mol. The van der Waals surface area contributed by atoms with Crippen LogP contribution in [-0.4, -0.2) is 25.5 Å². The highest BCUT2D eigenvalue weighted by Gasteiger charge is 2.16. The maximum atomic E-state index is 11.4. The first kappa shape index (κ1) is 20.8. The first-order valence-electron chi connectivity index (χ1n) is 8.82. The van der Waals surface area contributed by atoms with E-state index in [2.05, 4.69) is 17.6 Å². The Morgan fingerprint density at radius 2 is 1.64 bits per heavy atom. The second-order valence-electron chi connectivity index (χ2n) is 6.01. The number of rotatable bonds is 11. The largest absolute Gasteiger partial charge is 0.493 e. The Hall–Kier alpha value is -2.24. The predicted molar refractivity (Wildman–Crippen MR) is 97.6 cm³/mol. The van der Waals surface area contributed by atoms with Crippen LogP contribution in [0.2, 0.25) is 0 Å². The third-order valence-corrected chi connectivity index (χ3v) is 3.72. The second-order valence-corrected chi connectivity index (χ2v) is 6.01. The number of amides is 2. The summed E-state index contributed by atoms with van der Waals surface area (Å²) in [6, 6.07) is 5.36. The van der Waals surface area contributed by atoms with Gasteiger partial charge in [-0.2, -0.15) is 0 Å². The molecule has 0 spiro atoms. The van der Waals surface area contributed by atoms with E-state index in [0.717, 1.165) is 18.4 Å². The summed E-state index contributed by atoms with van der Waals surface area (Å²) in [6.45, 7) is 5.61. The van der Waals surface area contributed by atoms with Crippen molar-refractivity contribution in [3.8, 4) is 11.5 Å². The van der Waals surface area contributed by atoms with Crippen LogP contribution in [0.25, 0.3) is 0 Å². The molecule has 0 unspecified atom stereocenters. The molecule has 0 bridgehead atoms. The molecule has 0 saturated carbocycles. The molecule has 0 radical (unpaired) electrons. The smallest absolute Gasteiger partial charge is 0.218 e. The van der Waals surface area contributed by atoms with Gasteiger partial charge in [0.05, 0.1) is 13.7 Å². The molecule has 2 amide bonds. The van der Waals surface area contributed by atoms with Crippen LogP contribution in [0.1, 0.15) is 64.6 Å². The topological polar surface area (TPSA) is 76.7 Å². The molecule has 1 rings (SSSR count). The van der Waals surface area contributed by atoms with E-state index < -0.39 is 6.17 Å². The number of nitrogens with one attached hydrogen (secondary N) is 2. The fourth-order valence-electron chi connectivity index (χ4n) is 2.48. The Kier molecular flexibility index (Phi) is 9.43. The van der Waals surface area contributed by atoms with Gasteiger partial charge in [0.1, 0.15) is 6.17 Å². The quantitative estimate of drug-likeness (QED) is 0.474. The van der Waals surface area contributed by atoms with Crippen LogP contribution < -0.4 is 20.1 Å². The van der Waals surface area contributed by atoms with Gasteiger partial charge >= 0.3 is 0 Å². The number of benzene rings is 1. The van der Waals surface area contributed by atoms with Crippen molar-refractivity contribution in [2.45, 2.75) is 59.0 Å². The molecule has 2 N–H and O–H groups in total. The summed E-state index contributed by atoms with van der Waals surface area (Å²) < 4.78 is 11.2. The van der Waals surface area contributed by atoms with Crippen molar-refractivity contribution < 1.29 is 19.1 Å². The van der Waals surface area contributed by atoms with Crippen molar-refractivity contribution in [1.29, 1.82) is 0 Å². The van der Waals surface area contributed by atoms with E-state index in [1.807, 2.05) is 0 Å². The normalized spacial score (nSPS) is 10.4. The fourth-order valence-corrected chi connectivity index (χ4v) is 2.48. The van der Waals surface area contributed by atoms with E-state index in [-0.39, 0.29) is 11.8 Å². The molecule has 140 valence electrons. The fraction of sp³-hybridized carbons (Fsp3) is 0.579. The minimum Gasteiger partial charge on any atom is -0.493 e. The molecule has 0 aliphatic rings. The summed E-state index contributed by atoms with van der Waals surface area (Å²) in [4.78, 5) is 22.8. The molecule has 0 fully saturated rings. The zero-order chi connectivity index (χ0) is 18.7. The van der Waals surface area contributed by atoms with Gasteiger partial charge in [0.25, 0.3) is 0 Å². The summed E-state index contributed by atoms with van der Waals surface area (Å²) in [5.74, 6) is 0.777. The molecular weight excluding hydrogens is 320 g/mol. The third kappa shape index (κ3) is 7.92. The van der Waals surface area contributed by atoms with Crippen molar-refractivity contribution >= 4 is 11.8 Å². The number of hydrogen-bond donors (Lipinski definition) is 2. The Balaban J connectivity index is 2.80. The molecule has 1 aromatic rings. The van der Waals surface area contributed by atoms with E-state index in [1.54, 1.807) is 25.3 Å². The summed E-state index contributed by atoms with van der Waals surface area (Å²) in [5.41, 5.74) is 0.729. The molecule has 1 aromatic carbocycles. The lowest BCUT2D eigenvalue weighted by Crippen LogP contribution is -2.39. The van der Waals surface area contributed by atoms with Crippen LogP contribution >= 0.6 is 0 Å². The molecule has 6 nitrogen and oxygen atoms in total. The maximum Gasteiger partial charge on any atom is 0.218 e. The molecular formula is C19H30N2O4. The van der Waals surface area contributed by atoms with Gasteiger partial charge in [-0.05, 0) is 24.1 Å². The van der Waals surface area contributed by atoms with Crippen molar-refractivity contribution in [3.63, 3.8) is 0 Å². The van der Waals surface area contributed by atoms with Gasteiger partial charge < -0.3 is 20.1 Å². The van der Waals surface area contributed by atoms with Crippen LogP contribution in [0.15, 0.2) is 18.2 Å². The second kappa shape index (κ2) is 11.3. The highest BCUT2D eigenvalue weighted by molar-refractivity contribution is 5.76. The van der Waals surface area contributed by atoms with Gasteiger partial charge in [-0.1, -0.05) is 38.7 Å². The highest BCUT2D eigenvalue weighted by Crippen LogP contribution is 2.30. The molecule has 0 atom stereocenters. The molecule has 0 saturated heterocycles. The summed E-state index contributed by atoms with van der Waals surface area (Å²) >= 11 is 0. The highest BCUT2D eigenvalue weighted by atomic mass is 16.5. The van der Waals surface area contributed by atoms with E-state index >= 15 is 0 Å². The molecule has 0 aliphatic carbocycles. The van der Waals surface area contributed by atoms with Gasteiger partial charge in [-0.15, -0.1) is 0 Å². The standard InChI is InChI=1S/C19H30N2O4/c1-5-6-7-8-9-12-25-18-13-16(10-11-17(18)24-4)19(20-14(2)22)21-15(3)23/h10-11,13,19H,5-9,12H2,1-4H3,(H,20,22)(H,21,23). The molecule has 0 aromatic heterocycles. The first-order chi connectivity index (χ1) is 12.0. The number of methoxy groups -OCH3 is 1. The lowest BCUT2D eigenvalue weighted by atomic mass is 10.1. The Bertz CT molecular complexity index is 544. The van der Waals surface area contributed by atoms with Crippen LogP contribution in [0.3, 0.4) is 0 Å². The number of ether oxygens (including phenoxy) is 2. The minimum absolute atomic E-state index is 0.229. The Labute approximate surface area is 150 Å². The van der Waals surface area contributed by atoms with Gasteiger partial charge in [-0.3, -0.25) is 9.59 Å². The number of carbonyl (C=O) groups is 2. The number of unbranched alkanes of at least 4 members (excludes halogenated alkanes) is 4. The number of hydrogen-bond acceptors (Lipinski definition) is 4. The summed E-state index contributed by atoms with van der Waals surface area (Å²) in [6.07, 6.45) is 5.18. The lowest BCUT2D eigenvalue weighted by Gasteiger charge is -2.20. The summed E-state index contributed by atoms with van der Waals surface area (Å²) in [5, 5.41) is 5.43. The zero-order valence-corrected chi connectivity index (χ0v) is 15.7. The van der Waals surface area contributed by atoms with Crippen LogP contribution in [0, 0.1) is 0 Å². The van der Waals surface area contributed by atoms with Gasteiger partial charge in [0, 0.05) is 13.8 Å². The number of carbonyl (C=O) groups excluding carboxylic acids is 2. The van der Waals surface area contributed by atoms with E-state index in [1.165, 1.54) is 33.1 Å².